The highest BCUT2D eigenvalue weighted by Crippen LogP contribution is 2.26. The molecule has 2 aromatic carbocycles. The van der Waals surface area contributed by atoms with Gasteiger partial charge in [0.05, 0.1) is 0 Å². The summed E-state index contributed by atoms with van der Waals surface area (Å²) in [6.45, 7) is 9.91. The van der Waals surface area contributed by atoms with E-state index in [0.717, 1.165) is 12.2 Å². The summed E-state index contributed by atoms with van der Waals surface area (Å²) in [6.07, 6.45) is 3.80. The molecule has 1 atom stereocenters. The monoisotopic (exact) mass is 380 g/mol. The Hall–Kier alpha value is -2.49. The number of anilines is 2. The molecule has 2 aromatic rings. The summed E-state index contributed by atoms with van der Waals surface area (Å²) in [5.74, 6) is 0.552. The number of nitrogens with zero attached hydrogens (tertiary/aromatic N) is 1. The van der Waals surface area contributed by atoms with Crippen LogP contribution in [0.25, 0.3) is 0 Å². The molecule has 1 amide bonds. The van der Waals surface area contributed by atoms with Crippen molar-refractivity contribution in [3.63, 3.8) is 0 Å². The van der Waals surface area contributed by atoms with Crippen LogP contribution in [0.2, 0.25) is 0 Å². The summed E-state index contributed by atoms with van der Waals surface area (Å²) >= 11 is 0. The van der Waals surface area contributed by atoms with Crippen molar-refractivity contribution < 1.29 is 9.53 Å². The van der Waals surface area contributed by atoms with E-state index in [1.165, 1.54) is 30.5 Å². The SMILES string of the molecule is C[C@H]1CCCCN1c1ccc(NC(=O)COc2ccc(C(C)(C)C)cc2)cc1. The second-order valence-electron chi connectivity index (χ2n) is 8.70. The Morgan fingerprint density at radius 3 is 2.36 bits per heavy atom. The quantitative estimate of drug-likeness (QED) is 0.757. The van der Waals surface area contributed by atoms with Crippen LogP contribution in [-0.2, 0) is 10.2 Å². The number of benzene rings is 2. The predicted octanol–water partition coefficient (Wildman–Crippen LogP) is 5.38. The number of hydrogen-bond acceptors (Lipinski definition) is 3. The molecule has 0 bridgehead atoms. The Balaban J connectivity index is 1.50. The molecule has 1 N–H and O–H groups in total. The molecule has 28 heavy (non-hydrogen) atoms. The predicted molar refractivity (Wildman–Crippen MR) is 116 cm³/mol. The summed E-state index contributed by atoms with van der Waals surface area (Å²) in [5.41, 5.74) is 3.37. The van der Waals surface area contributed by atoms with Gasteiger partial charge < -0.3 is 15.0 Å². The lowest BCUT2D eigenvalue weighted by Gasteiger charge is -2.35. The molecule has 1 fully saturated rings. The molecule has 0 saturated carbocycles. The molecule has 1 saturated heterocycles. The van der Waals surface area contributed by atoms with Crippen molar-refractivity contribution in [3.8, 4) is 5.75 Å². The van der Waals surface area contributed by atoms with E-state index in [0.29, 0.717) is 11.8 Å². The smallest absolute Gasteiger partial charge is 0.262 e. The van der Waals surface area contributed by atoms with Crippen molar-refractivity contribution in [2.45, 2.75) is 58.4 Å². The highest BCUT2D eigenvalue weighted by atomic mass is 16.5. The average molecular weight is 381 g/mol. The van der Waals surface area contributed by atoms with Gasteiger partial charge in [-0.1, -0.05) is 32.9 Å². The first-order valence-electron chi connectivity index (χ1n) is 10.2. The molecule has 4 heteroatoms. The molecule has 0 aromatic heterocycles. The number of piperidine rings is 1. The van der Waals surface area contributed by atoms with Crippen molar-refractivity contribution in [2.75, 3.05) is 23.4 Å². The normalized spacial score (nSPS) is 17.3. The Kier molecular flexibility index (Phi) is 6.28. The van der Waals surface area contributed by atoms with E-state index in [1.807, 2.05) is 36.4 Å². The molecule has 0 aliphatic carbocycles. The van der Waals surface area contributed by atoms with E-state index < -0.39 is 0 Å². The van der Waals surface area contributed by atoms with Crippen LogP contribution in [0.1, 0.15) is 52.5 Å². The third-order valence-electron chi connectivity index (χ3n) is 5.38. The number of amides is 1. The fraction of sp³-hybridized carbons (Fsp3) is 0.458. The maximum Gasteiger partial charge on any atom is 0.262 e. The van der Waals surface area contributed by atoms with Crippen LogP contribution >= 0.6 is 0 Å². The Bertz CT molecular complexity index is 776. The van der Waals surface area contributed by atoms with Gasteiger partial charge in [-0.15, -0.1) is 0 Å². The first-order chi connectivity index (χ1) is 13.3. The zero-order valence-electron chi connectivity index (χ0n) is 17.5. The van der Waals surface area contributed by atoms with E-state index in [1.54, 1.807) is 0 Å². The third kappa shape index (κ3) is 5.28. The average Bonchev–Trinajstić information content (AvgIpc) is 2.67. The maximum atomic E-state index is 12.2. The van der Waals surface area contributed by atoms with Gasteiger partial charge in [0, 0.05) is 24.0 Å². The van der Waals surface area contributed by atoms with Gasteiger partial charge in [-0.25, -0.2) is 0 Å². The minimum absolute atomic E-state index is 0.000223. The van der Waals surface area contributed by atoms with E-state index in [2.05, 4.69) is 50.0 Å². The number of carbonyl (C=O) groups excluding carboxylic acids is 1. The topological polar surface area (TPSA) is 41.6 Å². The van der Waals surface area contributed by atoms with Crippen LogP contribution < -0.4 is 15.0 Å². The lowest BCUT2D eigenvalue weighted by Crippen LogP contribution is -2.37. The highest BCUT2D eigenvalue weighted by Gasteiger charge is 2.18. The van der Waals surface area contributed by atoms with Crippen LogP contribution in [-0.4, -0.2) is 25.1 Å². The molecule has 0 unspecified atom stereocenters. The Labute approximate surface area is 168 Å². The molecular weight excluding hydrogens is 348 g/mol. The molecule has 0 spiro atoms. The minimum atomic E-state index is -0.154. The molecular formula is C24H32N2O2. The van der Waals surface area contributed by atoms with Crippen molar-refractivity contribution in [3.05, 3.63) is 54.1 Å². The fourth-order valence-corrected chi connectivity index (χ4v) is 3.62. The van der Waals surface area contributed by atoms with Gasteiger partial charge in [-0.05, 0) is 73.6 Å². The summed E-state index contributed by atoms with van der Waals surface area (Å²) in [4.78, 5) is 14.6. The summed E-state index contributed by atoms with van der Waals surface area (Å²) in [6, 6.07) is 16.6. The van der Waals surface area contributed by atoms with Crippen LogP contribution in [0, 0.1) is 0 Å². The van der Waals surface area contributed by atoms with Crippen LogP contribution in [0.15, 0.2) is 48.5 Å². The van der Waals surface area contributed by atoms with Gasteiger partial charge >= 0.3 is 0 Å². The van der Waals surface area contributed by atoms with Crippen LogP contribution in [0.3, 0.4) is 0 Å². The highest BCUT2D eigenvalue weighted by molar-refractivity contribution is 5.92. The molecule has 0 radical (unpaired) electrons. The van der Waals surface area contributed by atoms with Crippen LogP contribution in [0.4, 0.5) is 11.4 Å². The van der Waals surface area contributed by atoms with Crippen molar-refractivity contribution >= 4 is 17.3 Å². The van der Waals surface area contributed by atoms with Crippen molar-refractivity contribution in [1.29, 1.82) is 0 Å². The Morgan fingerprint density at radius 2 is 1.75 bits per heavy atom. The van der Waals surface area contributed by atoms with Crippen molar-refractivity contribution in [1.82, 2.24) is 0 Å². The van der Waals surface area contributed by atoms with Gasteiger partial charge in [0.2, 0.25) is 0 Å². The summed E-state index contributed by atoms with van der Waals surface area (Å²) in [7, 11) is 0. The maximum absolute atomic E-state index is 12.2. The molecule has 1 heterocycles. The first-order valence-corrected chi connectivity index (χ1v) is 10.2. The molecule has 1 aliphatic rings. The fourth-order valence-electron chi connectivity index (χ4n) is 3.62. The number of nitrogens with one attached hydrogen (secondary N) is 1. The summed E-state index contributed by atoms with van der Waals surface area (Å²) in [5, 5.41) is 2.91. The lowest BCUT2D eigenvalue weighted by molar-refractivity contribution is -0.118. The Morgan fingerprint density at radius 1 is 1.07 bits per heavy atom. The largest absolute Gasteiger partial charge is 0.484 e. The van der Waals surface area contributed by atoms with Gasteiger partial charge in [0.1, 0.15) is 5.75 Å². The second kappa shape index (κ2) is 8.68. The number of carbonyl (C=O) groups is 1. The standard InChI is InChI=1S/C24H32N2O2/c1-18-7-5-6-16-26(18)21-12-10-20(11-13-21)25-23(27)17-28-22-14-8-19(9-15-22)24(2,3)4/h8-15,18H,5-7,16-17H2,1-4H3,(H,25,27)/t18-/m0/s1. The second-order valence-corrected chi connectivity index (χ2v) is 8.70. The first kappa shape index (κ1) is 20.2. The van der Waals surface area contributed by atoms with E-state index in [4.69, 9.17) is 4.74 Å². The van der Waals surface area contributed by atoms with Gasteiger partial charge in [-0.3, -0.25) is 4.79 Å². The molecule has 4 nitrogen and oxygen atoms in total. The molecule has 1 aliphatic heterocycles. The van der Waals surface area contributed by atoms with Gasteiger partial charge in [0.15, 0.2) is 6.61 Å². The number of ether oxygens (including phenoxy) is 1. The van der Waals surface area contributed by atoms with Gasteiger partial charge in [-0.2, -0.15) is 0 Å². The van der Waals surface area contributed by atoms with E-state index >= 15 is 0 Å². The molecule has 3 rings (SSSR count). The lowest BCUT2D eigenvalue weighted by atomic mass is 9.87. The minimum Gasteiger partial charge on any atom is -0.484 e. The zero-order chi connectivity index (χ0) is 20.1. The number of hydrogen-bond donors (Lipinski definition) is 1. The van der Waals surface area contributed by atoms with Crippen LogP contribution in [0.5, 0.6) is 5.75 Å². The van der Waals surface area contributed by atoms with Gasteiger partial charge in [0.25, 0.3) is 5.91 Å². The van der Waals surface area contributed by atoms with Crippen molar-refractivity contribution in [2.24, 2.45) is 0 Å². The summed E-state index contributed by atoms with van der Waals surface area (Å²) < 4.78 is 5.62. The molecule has 150 valence electrons. The third-order valence-corrected chi connectivity index (χ3v) is 5.38. The zero-order valence-corrected chi connectivity index (χ0v) is 17.5. The van der Waals surface area contributed by atoms with E-state index in [-0.39, 0.29) is 17.9 Å². The van der Waals surface area contributed by atoms with E-state index in [9.17, 15) is 4.79 Å². The number of rotatable bonds is 5.